The van der Waals surface area contributed by atoms with E-state index in [1.54, 1.807) is 31.2 Å². The van der Waals surface area contributed by atoms with Gasteiger partial charge in [0.1, 0.15) is 0 Å². The van der Waals surface area contributed by atoms with Gasteiger partial charge in [-0.25, -0.2) is 14.5 Å². The summed E-state index contributed by atoms with van der Waals surface area (Å²) in [6.45, 7) is 11.3. The summed E-state index contributed by atoms with van der Waals surface area (Å²) in [5, 5.41) is 0. The number of carbonyl (C=O) groups is 2. The summed E-state index contributed by atoms with van der Waals surface area (Å²) in [7, 11) is 0. The molecule has 1 fully saturated rings. The Morgan fingerprint density at radius 3 is 2.16 bits per heavy atom. The number of nitrogens with zero attached hydrogens (tertiary/aromatic N) is 1. The van der Waals surface area contributed by atoms with Crippen molar-refractivity contribution in [2.24, 2.45) is 5.92 Å². The third-order valence-corrected chi connectivity index (χ3v) is 4.27. The van der Waals surface area contributed by atoms with E-state index in [4.69, 9.17) is 14.2 Å². The Morgan fingerprint density at radius 1 is 1.12 bits per heavy atom. The third-order valence-electron chi connectivity index (χ3n) is 4.27. The molecule has 1 aromatic carbocycles. The van der Waals surface area contributed by atoms with Gasteiger partial charge in [0.05, 0.1) is 24.3 Å². The van der Waals surface area contributed by atoms with Gasteiger partial charge in [0.15, 0.2) is 0 Å². The fourth-order valence-corrected chi connectivity index (χ4v) is 3.00. The number of hydrogen-bond donors (Lipinski definition) is 0. The molecule has 0 radical (unpaired) electrons. The second-order valence-corrected chi connectivity index (χ2v) is 6.61. The van der Waals surface area contributed by atoms with Gasteiger partial charge in [-0.2, -0.15) is 0 Å². The van der Waals surface area contributed by atoms with Crippen molar-refractivity contribution in [3.05, 3.63) is 35.4 Å². The second kappa shape index (κ2) is 7.97. The van der Waals surface area contributed by atoms with Crippen LogP contribution in [0.3, 0.4) is 0 Å². The summed E-state index contributed by atoms with van der Waals surface area (Å²) in [5.74, 6) is -1.98. The van der Waals surface area contributed by atoms with Crippen molar-refractivity contribution in [2.75, 3.05) is 19.8 Å². The average molecular weight is 349 g/mol. The highest BCUT2D eigenvalue weighted by Crippen LogP contribution is 2.35. The third kappa shape index (κ3) is 4.02. The molecule has 0 saturated carbocycles. The van der Waals surface area contributed by atoms with Gasteiger partial charge in [-0.3, -0.25) is 0 Å². The molecule has 1 aliphatic heterocycles. The van der Waals surface area contributed by atoms with Crippen LogP contribution in [0.2, 0.25) is 0 Å². The fraction of sp³-hybridized carbons (Fsp3) is 0.579. The van der Waals surface area contributed by atoms with Crippen molar-refractivity contribution in [1.29, 1.82) is 0 Å². The van der Waals surface area contributed by atoms with E-state index < -0.39 is 17.8 Å². The van der Waals surface area contributed by atoms with E-state index in [2.05, 4.69) is 4.90 Å². The Hall–Kier alpha value is -1.92. The molecule has 0 N–H and O–H groups in total. The van der Waals surface area contributed by atoms with Gasteiger partial charge in [0.25, 0.3) is 5.91 Å². The number of esters is 2. The zero-order valence-corrected chi connectivity index (χ0v) is 15.6. The Kier molecular flexibility index (Phi) is 6.19. The van der Waals surface area contributed by atoms with Crippen LogP contribution < -0.4 is 0 Å². The predicted octanol–water partition coefficient (Wildman–Crippen LogP) is 3.07. The van der Waals surface area contributed by atoms with Crippen molar-refractivity contribution < 1.29 is 23.8 Å². The van der Waals surface area contributed by atoms with Gasteiger partial charge in [-0.1, -0.05) is 13.8 Å². The lowest BCUT2D eigenvalue weighted by molar-refractivity contribution is -0.275. The quantitative estimate of drug-likeness (QED) is 0.736. The molecule has 1 atom stereocenters. The average Bonchev–Trinajstić information content (AvgIpc) is 3.00. The molecule has 2 rings (SSSR count). The lowest BCUT2D eigenvalue weighted by Crippen LogP contribution is -2.55. The first-order chi connectivity index (χ1) is 11.8. The van der Waals surface area contributed by atoms with Gasteiger partial charge in [0, 0.05) is 18.5 Å². The predicted molar refractivity (Wildman–Crippen MR) is 93.2 cm³/mol. The standard InChI is InChI=1S/C19H27NO5/c1-6-23-17(21)15-7-9-16(10-8-15)18(22)25-19(13(2)3)20(14(4)5)11-12-24-19/h7-10,13-14H,6,11-12H2,1-5H3. The van der Waals surface area contributed by atoms with Crippen LogP contribution in [0.25, 0.3) is 0 Å². The summed E-state index contributed by atoms with van der Waals surface area (Å²) >= 11 is 0. The first kappa shape index (κ1) is 19.4. The SMILES string of the molecule is CCOC(=O)c1ccc(C(=O)OC2(C(C)C)OCCN2C(C)C)cc1. The van der Waals surface area contributed by atoms with Gasteiger partial charge >= 0.3 is 11.9 Å². The summed E-state index contributed by atoms with van der Waals surface area (Å²) in [5.41, 5.74) is 0.769. The zero-order valence-electron chi connectivity index (χ0n) is 15.6. The molecule has 25 heavy (non-hydrogen) atoms. The van der Waals surface area contributed by atoms with Crippen LogP contribution in [0.15, 0.2) is 24.3 Å². The van der Waals surface area contributed by atoms with E-state index in [1.165, 1.54) is 0 Å². The normalized spacial score (nSPS) is 20.9. The first-order valence-electron chi connectivity index (χ1n) is 8.73. The minimum absolute atomic E-state index is 0.0276. The highest BCUT2D eigenvalue weighted by atomic mass is 16.7. The Balaban J connectivity index is 2.18. The number of carbonyl (C=O) groups excluding carboxylic acids is 2. The number of rotatable bonds is 6. The van der Waals surface area contributed by atoms with Gasteiger partial charge in [0.2, 0.25) is 0 Å². The molecule has 0 amide bonds. The molecule has 1 heterocycles. The van der Waals surface area contributed by atoms with Crippen molar-refractivity contribution in [3.63, 3.8) is 0 Å². The van der Waals surface area contributed by atoms with Crippen LogP contribution in [0.1, 0.15) is 55.3 Å². The molecule has 1 saturated heterocycles. The highest BCUT2D eigenvalue weighted by molar-refractivity contribution is 5.93. The molecule has 0 bridgehead atoms. The lowest BCUT2D eigenvalue weighted by Gasteiger charge is -2.41. The van der Waals surface area contributed by atoms with Crippen LogP contribution in [0.5, 0.6) is 0 Å². The van der Waals surface area contributed by atoms with Crippen LogP contribution in [-0.4, -0.2) is 48.5 Å². The van der Waals surface area contributed by atoms with E-state index in [0.29, 0.717) is 30.9 Å². The van der Waals surface area contributed by atoms with E-state index in [1.807, 2.05) is 27.7 Å². The first-order valence-corrected chi connectivity index (χ1v) is 8.73. The molecule has 1 aromatic rings. The van der Waals surface area contributed by atoms with Gasteiger partial charge in [-0.05, 0) is 45.0 Å². The smallest absolute Gasteiger partial charge is 0.341 e. The van der Waals surface area contributed by atoms with Crippen LogP contribution in [0, 0.1) is 5.92 Å². The molecule has 0 spiro atoms. The monoisotopic (exact) mass is 349 g/mol. The maximum absolute atomic E-state index is 12.6. The van der Waals surface area contributed by atoms with Crippen LogP contribution >= 0.6 is 0 Å². The molecule has 1 aliphatic rings. The highest BCUT2D eigenvalue weighted by Gasteiger charge is 2.50. The summed E-state index contributed by atoms with van der Waals surface area (Å²) < 4.78 is 16.6. The second-order valence-electron chi connectivity index (χ2n) is 6.61. The molecular formula is C19H27NO5. The van der Waals surface area contributed by atoms with Gasteiger partial charge < -0.3 is 14.2 Å². The van der Waals surface area contributed by atoms with Crippen LogP contribution in [0.4, 0.5) is 0 Å². The summed E-state index contributed by atoms with van der Waals surface area (Å²) in [4.78, 5) is 26.4. The Bertz CT molecular complexity index is 611. The number of benzene rings is 1. The van der Waals surface area contributed by atoms with Gasteiger partial charge in [-0.15, -0.1) is 0 Å². The molecule has 0 aromatic heterocycles. The van der Waals surface area contributed by atoms with E-state index >= 15 is 0 Å². The van der Waals surface area contributed by atoms with Crippen molar-refractivity contribution >= 4 is 11.9 Å². The maximum Gasteiger partial charge on any atom is 0.341 e. The zero-order chi connectivity index (χ0) is 18.6. The molecule has 6 heteroatoms. The minimum Gasteiger partial charge on any atom is -0.462 e. The largest absolute Gasteiger partial charge is 0.462 e. The molecular weight excluding hydrogens is 322 g/mol. The van der Waals surface area contributed by atoms with Crippen molar-refractivity contribution in [2.45, 2.75) is 46.6 Å². The minimum atomic E-state index is -1.06. The van der Waals surface area contributed by atoms with Crippen molar-refractivity contribution in [1.82, 2.24) is 4.90 Å². The molecule has 138 valence electrons. The van der Waals surface area contributed by atoms with Crippen molar-refractivity contribution in [3.8, 4) is 0 Å². The summed E-state index contributed by atoms with van der Waals surface area (Å²) in [6, 6.07) is 6.44. The van der Waals surface area contributed by atoms with E-state index in [0.717, 1.165) is 0 Å². The number of hydrogen-bond acceptors (Lipinski definition) is 6. The molecule has 1 unspecified atom stereocenters. The van der Waals surface area contributed by atoms with Crippen LogP contribution in [-0.2, 0) is 14.2 Å². The lowest BCUT2D eigenvalue weighted by atomic mass is 10.1. The maximum atomic E-state index is 12.6. The van der Waals surface area contributed by atoms with E-state index in [-0.39, 0.29) is 12.0 Å². The fourth-order valence-electron chi connectivity index (χ4n) is 3.00. The van der Waals surface area contributed by atoms with E-state index in [9.17, 15) is 9.59 Å². The topological polar surface area (TPSA) is 65.1 Å². The Labute approximate surface area is 149 Å². The molecule has 6 nitrogen and oxygen atoms in total. The number of ether oxygens (including phenoxy) is 3. The molecule has 0 aliphatic carbocycles. The summed E-state index contributed by atoms with van der Waals surface area (Å²) in [6.07, 6.45) is 0. The Morgan fingerprint density at radius 2 is 1.68 bits per heavy atom.